The fourth-order valence-electron chi connectivity index (χ4n) is 2.06. The fourth-order valence-corrected chi connectivity index (χ4v) is 3.00. The molecule has 128 valence electrons. The standard InChI is InChI=1S/C18H26O4S/c1-6-21-16(19)12-15(23-17(20)22-7-2)13-8-10-14(11-9-13)18(3,4)5/h8-11,15H,6-7,12H2,1-5H3. The summed E-state index contributed by atoms with van der Waals surface area (Å²) >= 11 is 1.03. The van der Waals surface area contributed by atoms with Crippen molar-refractivity contribution in [3.63, 3.8) is 0 Å². The zero-order valence-corrected chi connectivity index (χ0v) is 15.4. The summed E-state index contributed by atoms with van der Waals surface area (Å²) < 4.78 is 9.99. The molecule has 0 radical (unpaired) electrons. The first-order chi connectivity index (χ1) is 10.8. The number of rotatable bonds is 6. The number of esters is 1. The average Bonchev–Trinajstić information content (AvgIpc) is 2.46. The fraction of sp³-hybridized carbons (Fsp3) is 0.556. The lowest BCUT2D eigenvalue weighted by molar-refractivity contribution is -0.143. The summed E-state index contributed by atoms with van der Waals surface area (Å²) in [6.07, 6.45) is 0.145. The average molecular weight is 338 g/mol. The van der Waals surface area contributed by atoms with E-state index in [0.717, 1.165) is 17.3 Å². The zero-order valence-electron chi connectivity index (χ0n) is 14.5. The molecule has 23 heavy (non-hydrogen) atoms. The number of hydrogen-bond donors (Lipinski definition) is 0. The van der Waals surface area contributed by atoms with Crippen LogP contribution in [-0.4, -0.2) is 24.5 Å². The molecule has 0 aliphatic carbocycles. The SMILES string of the molecule is CCOC(=O)CC(SC(=O)OCC)c1ccc(C(C)(C)C)cc1. The number of hydrogen-bond acceptors (Lipinski definition) is 5. The molecule has 0 aliphatic heterocycles. The minimum atomic E-state index is -0.373. The molecule has 0 heterocycles. The maximum absolute atomic E-state index is 11.8. The van der Waals surface area contributed by atoms with E-state index in [0.29, 0.717) is 13.2 Å². The Bertz CT molecular complexity index is 497. The largest absolute Gasteiger partial charge is 0.466 e. The molecule has 0 fully saturated rings. The molecule has 0 bridgehead atoms. The van der Waals surface area contributed by atoms with E-state index in [-0.39, 0.29) is 28.4 Å². The summed E-state index contributed by atoms with van der Waals surface area (Å²) in [6.45, 7) is 10.6. The van der Waals surface area contributed by atoms with Gasteiger partial charge in [0.05, 0.1) is 24.9 Å². The van der Waals surface area contributed by atoms with Gasteiger partial charge in [-0.1, -0.05) is 45.0 Å². The quantitative estimate of drug-likeness (QED) is 0.693. The van der Waals surface area contributed by atoms with Gasteiger partial charge in [0.1, 0.15) is 0 Å². The Morgan fingerprint density at radius 3 is 2.09 bits per heavy atom. The minimum absolute atomic E-state index is 0.0590. The van der Waals surface area contributed by atoms with Gasteiger partial charge >= 0.3 is 11.3 Å². The Balaban J connectivity index is 2.93. The first-order valence-electron chi connectivity index (χ1n) is 7.87. The highest BCUT2D eigenvalue weighted by Gasteiger charge is 2.23. The third-order valence-electron chi connectivity index (χ3n) is 3.31. The summed E-state index contributed by atoms with van der Waals surface area (Å²) in [6, 6.07) is 8.02. The van der Waals surface area contributed by atoms with Crippen LogP contribution in [-0.2, 0) is 19.7 Å². The van der Waals surface area contributed by atoms with E-state index >= 15 is 0 Å². The van der Waals surface area contributed by atoms with Gasteiger partial charge in [-0.05, 0) is 42.2 Å². The van der Waals surface area contributed by atoms with Gasteiger partial charge in [0, 0.05) is 0 Å². The van der Waals surface area contributed by atoms with Crippen molar-refractivity contribution in [2.45, 2.75) is 51.7 Å². The van der Waals surface area contributed by atoms with Crippen LogP contribution in [0.3, 0.4) is 0 Å². The van der Waals surface area contributed by atoms with Crippen molar-refractivity contribution in [1.29, 1.82) is 0 Å². The van der Waals surface area contributed by atoms with E-state index in [2.05, 4.69) is 20.8 Å². The van der Waals surface area contributed by atoms with Crippen LogP contribution in [0.25, 0.3) is 0 Å². The molecule has 0 spiro atoms. The van der Waals surface area contributed by atoms with Gasteiger partial charge in [-0.2, -0.15) is 0 Å². The van der Waals surface area contributed by atoms with Gasteiger partial charge in [-0.3, -0.25) is 4.79 Å². The predicted octanol–water partition coefficient (Wildman–Crippen LogP) is 4.87. The summed E-state index contributed by atoms with van der Waals surface area (Å²) in [4.78, 5) is 23.6. The highest BCUT2D eigenvalue weighted by molar-refractivity contribution is 8.13. The van der Waals surface area contributed by atoms with Crippen LogP contribution in [0, 0.1) is 0 Å². The van der Waals surface area contributed by atoms with Crippen LogP contribution in [0.1, 0.15) is 57.4 Å². The molecule has 0 aromatic heterocycles. The summed E-state index contributed by atoms with van der Waals surface area (Å²) in [5.74, 6) is -0.311. The van der Waals surface area contributed by atoms with Crippen LogP contribution >= 0.6 is 11.8 Å². The normalized spacial score (nSPS) is 12.6. The van der Waals surface area contributed by atoms with Gasteiger partial charge in [0.2, 0.25) is 0 Å². The topological polar surface area (TPSA) is 52.6 Å². The number of carbonyl (C=O) groups is 2. The van der Waals surface area contributed by atoms with Crippen molar-refractivity contribution < 1.29 is 19.1 Å². The highest BCUT2D eigenvalue weighted by Crippen LogP contribution is 2.35. The van der Waals surface area contributed by atoms with Crippen LogP contribution in [0.2, 0.25) is 0 Å². The lowest BCUT2D eigenvalue weighted by Gasteiger charge is -2.21. The van der Waals surface area contributed by atoms with E-state index in [1.807, 2.05) is 24.3 Å². The van der Waals surface area contributed by atoms with Crippen molar-refractivity contribution in [1.82, 2.24) is 0 Å². The summed E-state index contributed by atoms with van der Waals surface area (Å²) in [5.41, 5.74) is 2.19. The smallest absolute Gasteiger partial charge is 0.367 e. The Morgan fingerprint density at radius 1 is 1.04 bits per heavy atom. The molecule has 1 unspecified atom stereocenters. The van der Waals surface area contributed by atoms with Crippen LogP contribution < -0.4 is 0 Å². The van der Waals surface area contributed by atoms with Crippen molar-refractivity contribution in [3.8, 4) is 0 Å². The second-order valence-electron chi connectivity index (χ2n) is 6.17. The molecule has 1 atom stereocenters. The Labute approximate surface area is 142 Å². The van der Waals surface area contributed by atoms with Crippen molar-refractivity contribution >= 4 is 23.0 Å². The monoisotopic (exact) mass is 338 g/mol. The van der Waals surface area contributed by atoms with Crippen LogP contribution in [0.4, 0.5) is 4.79 Å². The lowest BCUT2D eigenvalue weighted by Crippen LogP contribution is -2.13. The third kappa shape index (κ3) is 6.65. The van der Waals surface area contributed by atoms with Gasteiger partial charge in [-0.15, -0.1) is 0 Å². The minimum Gasteiger partial charge on any atom is -0.466 e. The molecular formula is C18H26O4S. The summed E-state index contributed by atoms with van der Waals surface area (Å²) in [5, 5.41) is -0.677. The number of thioether (sulfide) groups is 1. The first-order valence-corrected chi connectivity index (χ1v) is 8.75. The van der Waals surface area contributed by atoms with Gasteiger partial charge < -0.3 is 9.47 Å². The molecule has 1 aromatic carbocycles. The van der Waals surface area contributed by atoms with Gasteiger partial charge in [0.15, 0.2) is 0 Å². The van der Waals surface area contributed by atoms with Gasteiger partial charge in [0.25, 0.3) is 0 Å². The molecule has 4 nitrogen and oxygen atoms in total. The van der Waals surface area contributed by atoms with Crippen molar-refractivity contribution in [2.75, 3.05) is 13.2 Å². The molecule has 0 aliphatic rings. The number of carbonyl (C=O) groups excluding carboxylic acids is 2. The molecular weight excluding hydrogens is 312 g/mol. The lowest BCUT2D eigenvalue weighted by atomic mass is 9.86. The highest BCUT2D eigenvalue weighted by atomic mass is 32.2. The van der Waals surface area contributed by atoms with Crippen molar-refractivity contribution in [2.24, 2.45) is 0 Å². The van der Waals surface area contributed by atoms with E-state index in [9.17, 15) is 9.59 Å². The van der Waals surface area contributed by atoms with E-state index in [1.165, 1.54) is 5.56 Å². The zero-order chi connectivity index (χ0) is 17.5. The molecule has 5 heteroatoms. The van der Waals surface area contributed by atoms with Crippen LogP contribution in [0.15, 0.2) is 24.3 Å². The predicted molar refractivity (Wildman–Crippen MR) is 93.7 cm³/mol. The Hall–Kier alpha value is -1.49. The first kappa shape index (κ1) is 19.6. The number of ether oxygens (including phenoxy) is 2. The van der Waals surface area contributed by atoms with E-state index in [4.69, 9.17) is 9.47 Å². The maximum atomic E-state index is 11.8. The van der Waals surface area contributed by atoms with Gasteiger partial charge in [-0.25, -0.2) is 4.79 Å². The third-order valence-corrected chi connectivity index (χ3v) is 4.34. The van der Waals surface area contributed by atoms with E-state index in [1.54, 1.807) is 13.8 Å². The molecule has 1 rings (SSSR count). The Kier molecular flexibility index (Phi) is 7.62. The maximum Gasteiger partial charge on any atom is 0.367 e. The molecule has 1 aromatic rings. The Morgan fingerprint density at radius 2 is 1.61 bits per heavy atom. The van der Waals surface area contributed by atoms with E-state index < -0.39 is 0 Å². The van der Waals surface area contributed by atoms with Crippen molar-refractivity contribution in [3.05, 3.63) is 35.4 Å². The molecule has 0 N–H and O–H groups in total. The molecule has 0 saturated carbocycles. The summed E-state index contributed by atoms with van der Waals surface area (Å²) in [7, 11) is 0. The number of benzene rings is 1. The molecule has 0 saturated heterocycles. The molecule has 0 amide bonds. The second-order valence-corrected chi connectivity index (χ2v) is 7.31. The second kappa shape index (κ2) is 8.96. The van der Waals surface area contributed by atoms with Crippen LogP contribution in [0.5, 0.6) is 0 Å².